The van der Waals surface area contributed by atoms with E-state index < -0.39 is 41.0 Å². The Labute approximate surface area is 280 Å². The predicted molar refractivity (Wildman–Crippen MR) is 183 cm³/mol. The lowest BCUT2D eigenvalue weighted by atomic mass is 9.89. The smallest absolute Gasteiger partial charge is 0.407 e. The van der Waals surface area contributed by atoms with Gasteiger partial charge in [0.25, 0.3) is 11.5 Å². The van der Waals surface area contributed by atoms with Gasteiger partial charge < -0.3 is 20.1 Å². The molecule has 0 saturated carbocycles. The van der Waals surface area contributed by atoms with Gasteiger partial charge in [0, 0.05) is 73.9 Å². The van der Waals surface area contributed by atoms with Crippen LogP contribution in [0.5, 0.6) is 0 Å². The van der Waals surface area contributed by atoms with Crippen molar-refractivity contribution in [1.82, 2.24) is 19.4 Å². The Kier molecular flexibility index (Phi) is 11.4. The maximum absolute atomic E-state index is 15.3. The Bertz CT molecular complexity index is 1650. The van der Waals surface area contributed by atoms with Crippen LogP contribution in [0.25, 0.3) is 11.0 Å². The number of pyridine rings is 1. The zero-order chi connectivity index (χ0) is 34.5. The molecule has 14 heteroatoms. The zero-order valence-corrected chi connectivity index (χ0v) is 28.0. The first kappa shape index (κ1) is 35.7. The zero-order valence-electron chi connectivity index (χ0n) is 27.2. The van der Waals surface area contributed by atoms with Crippen molar-refractivity contribution in [2.45, 2.75) is 69.9 Å². The van der Waals surface area contributed by atoms with Crippen LogP contribution in [0.1, 0.15) is 74.1 Å². The Morgan fingerprint density at radius 2 is 1.92 bits per heavy atom. The monoisotopic (exact) mass is 689 g/mol. The Balaban J connectivity index is 1.39. The van der Waals surface area contributed by atoms with Gasteiger partial charge in [-0.15, -0.1) is 6.58 Å². The number of nitrogens with zero attached hydrogens (tertiary/aromatic N) is 4. The third-order valence-corrected chi connectivity index (χ3v) is 11.0. The highest BCUT2D eigenvalue weighted by Crippen LogP contribution is 2.48. The van der Waals surface area contributed by atoms with Gasteiger partial charge in [-0.3, -0.25) is 18.5 Å². The molecule has 4 heterocycles. The maximum Gasteiger partial charge on any atom is 0.407 e. The number of alkyl halides is 2. The number of carbonyl (C=O) groups is 1. The standard InChI is InChI=1S/C34H45F2N5O6S/c1-3-4-5-13-47-14-7-12-41-31-29(18-28(32(41)42)25-10-15-48(45,46)16-11-25)30(37-22-38-31)39-23(2)26-8-6-9-27(17-26)34(35,36)19-24-20-40(21-24)33(43)44/h3,6,8-9,17-18,22-25,45-46H,1,4-5,7,10-16,19-21H2,2H3,(H,43,44)(H,37,38,39). The molecule has 2 saturated heterocycles. The number of amides is 1. The number of unbranched alkanes of at least 4 members (excludes halogenated alkanes) is 1. The van der Waals surface area contributed by atoms with Crippen molar-refractivity contribution >= 4 is 33.5 Å². The minimum absolute atomic E-state index is 0.0993. The van der Waals surface area contributed by atoms with Crippen molar-refractivity contribution < 1.29 is 32.5 Å². The summed E-state index contributed by atoms with van der Waals surface area (Å²) >= 11 is 0. The van der Waals surface area contributed by atoms with Crippen LogP contribution < -0.4 is 10.9 Å². The number of benzene rings is 1. The first-order valence-electron chi connectivity index (χ1n) is 16.4. The van der Waals surface area contributed by atoms with Crippen molar-refractivity contribution in [3.8, 4) is 0 Å². The van der Waals surface area contributed by atoms with Crippen LogP contribution in [-0.2, 0) is 17.2 Å². The number of ether oxygens (including phenoxy) is 1. The number of allylic oxidation sites excluding steroid dienone is 1. The highest BCUT2D eigenvalue weighted by atomic mass is 32.3. The van der Waals surface area contributed by atoms with Gasteiger partial charge in [-0.05, 0) is 62.6 Å². The van der Waals surface area contributed by atoms with Gasteiger partial charge in [0.15, 0.2) is 0 Å². The molecule has 5 rings (SSSR count). The van der Waals surface area contributed by atoms with E-state index in [1.807, 2.05) is 13.0 Å². The number of fused-ring (bicyclic) bond motifs is 1. The lowest BCUT2D eigenvalue weighted by Gasteiger charge is -2.39. The number of rotatable bonds is 15. The summed E-state index contributed by atoms with van der Waals surface area (Å²) in [5.74, 6) is -2.78. The molecule has 3 aromatic rings. The average molecular weight is 690 g/mol. The molecule has 2 aliphatic rings. The van der Waals surface area contributed by atoms with E-state index in [1.54, 1.807) is 22.8 Å². The molecule has 0 bridgehead atoms. The normalized spacial score (nSPS) is 18.3. The van der Waals surface area contributed by atoms with E-state index in [4.69, 9.17) is 9.84 Å². The van der Waals surface area contributed by atoms with Crippen molar-refractivity contribution in [3.05, 3.63) is 76.4 Å². The third kappa shape index (κ3) is 8.52. The minimum atomic E-state index is -3.13. The van der Waals surface area contributed by atoms with Crippen LogP contribution >= 0.6 is 10.6 Å². The predicted octanol–water partition coefficient (Wildman–Crippen LogP) is 7.06. The second-order valence-corrected chi connectivity index (χ2v) is 15.3. The van der Waals surface area contributed by atoms with E-state index in [0.29, 0.717) is 67.0 Å². The van der Waals surface area contributed by atoms with E-state index in [-0.39, 0.29) is 41.6 Å². The highest BCUT2D eigenvalue weighted by Gasteiger charge is 2.41. The van der Waals surface area contributed by atoms with Crippen molar-refractivity contribution in [3.63, 3.8) is 0 Å². The van der Waals surface area contributed by atoms with E-state index >= 15 is 8.78 Å². The minimum Gasteiger partial charge on any atom is -0.465 e. The average Bonchev–Trinajstić information content (AvgIpc) is 3.03. The number of anilines is 1. The number of nitrogens with one attached hydrogen (secondary N) is 1. The van der Waals surface area contributed by atoms with Gasteiger partial charge >= 0.3 is 6.09 Å². The summed E-state index contributed by atoms with van der Waals surface area (Å²) in [6.45, 7) is 7.19. The third-order valence-electron chi connectivity index (χ3n) is 9.24. The first-order chi connectivity index (χ1) is 22.9. The topological polar surface area (TPSA) is 150 Å². The molecule has 2 aromatic heterocycles. The molecule has 2 fully saturated rings. The number of hydrogen-bond donors (Lipinski definition) is 4. The second kappa shape index (κ2) is 15.3. The molecule has 0 aliphatic carbocycles. The van der Waals surface area contributed by atoms with E-state index in [1.165, 1.54) is 18.5 Å². The quantitative estimate of drug-likeness (QED) is 0.0972. The van der Waals surface area contributed by atoms with E-state index in [9.17, 15) is 18.7 Å². The molecule has 2 aliphatic heterocycles. The summed E-state index contributed by atoms with van der Waals surface area (Å²) in [7, 11) is -2.64. The Morgan fingerprint density at radius 1 is 1.19 bits per heavy atom. The number of halogens is 2. The molecular weight excluding hydrogens is 644 g/mol. The SMILES string of the molecule is C=CCCCOCCCn1c(=O)c(C2CCS(O)(O)CC2)cc2c(NC(C)c3cccc(C(F)(F)CC4CN(C(=O)O)C4)c3)ncnc21. The van der Waals surface area contributed by atoms with Crippen molar-refractivity contribution in [1.29, 1.82) is 0 Å². The van der Waals surface area contributed by atoms with Gasteiger partial charge in [0.05, 0.1) is 5.39 Å². The van der Waals surface area contributed by atoms with Gasteiger partial charge in [-0.1, -0.05) is 24.3 Å². The van der Waals surface area contributed by atoms with Crippen LogP contribution in [0.2, 0.25) is 0 Å². The van der Waals surface area contributed by atoms with Crippen molar-refractivity contribution in [2.75, 3.05) is 43.1 Å². The van der Waals surface area contributed by atoms with Gasteiger partial charge in [-0.2, -0.15) is 10.6 Å². The Morgan fingerprint density at radius 3 is 2.62 bits per heavy atom. The summed E-state index contributed by atoms with van der Waals surface area (Å²) in [5, 5.41) is 13.0. The van der Waals surface area contributed by atoms with Crippen LogP contribution in [-0.4, -0.2) is 77.5 Å². The molecule has 4 N–H and O–H groups in total. The molecule has 1 amide bonds. The van der Waals surface area contributed by atoms with Gasteiger partial charge in [0.1, 0.15) is 17.8 Å². The molecule has 0 radical (unpaired) electrons. The van der Waals surface area contributed by atoms with Crippen molar-refractivity contribution in [2.24, 2.45) is 5.92 Å². The number of hydrogen-bond acceptors (Lipinski definition) is 8. The lowest BCUT2D eigenvalue weighted by molar-refractivity contribution is -0.0528. The summed E-state index contributed by atoms with van der Waals surface area (Å²) in [6.07, 6.45) is 4.94. The number of carboxylic acid groups (broad SMARTS) is 1. The fraction of sp³-hybridized carbons (Fsp3) is 0.529. The molecule has 1 unspecified atom stereocenters. The molecule has 1 atom stereocenters. The van der Waals surface area contributed by atoms with Crippen LogP contribution in [0.15, 0.2) is 54.1 Å². The van der Waals surface area contributed by atoms with Crippen LogP contribution in [0.4, 0.5) is 19.4 Å². The number of aryl methyl sites for hydroxylation is 1. The number of likely N-dealkylation sites (tertiary alicyclic amines) is 1. The largest absolute Gasteiger partial charge is 0.465 e. The fourth-order valence-electron chi connectivity index (χ4n) is 6.45. The molecule has 48 heavy (non-hydrogen) atoms. The summed E-state index contributed by atoms with van der Waals surface area (Å²) < 4.78 is 58.4. The highest BCUT2D eigenvalue weighted by molar-refractivity contribution is 8.24. The molecule has 0 spiro atoms. The summed E-state index contributed by atoms with van der Waals surface area (Å²) in [6, 6.07) is 7.54. The van der Waals surface area contributed by atoms with E-state index in [2.05, 4.69) is 21.9 Å². The lowest BCUT2D eigenvalue weighted by Crippen LogP contribution is -2.50. The first-order valence-corrected chi connectivity index (χ1v) is 18.3. The van der Waals surface area contributed by atoms with E-state index in [0.717, 1.165) is 17.7 Å². The Hall–Kier alpha value is -3.59. The number of aromatic nitrogens is 3. The van der Waals surface area contributed by atoms with Gasteiger partial charge in [0.2, 0.25) is 0 Å². The molecule has 1 aromatic carbocycles. The summed E-state index contributed by atoms with van der Waals surface area (Å²) in [5.41, 5.74) is 1.30. The molecule has 11 nitrogen and oxygen atoms in total. The fourth-order valence-corrected chi connectivity index (χ4v) is 7.98. The maximum atomic E-state index is 15.3. The van der Waals surface area contributed by atoms with Crippen LogP contribution in [0.3, 0.4) is 0 Å². The molecule has 262 valence electrons. The van der Waals surface area contributed by atoms with Crippen LogP contribution in [0, 0.1) is 5.92 Å². The van der Waals surface area contributed by atoms with Gasteiger partial charge in [-0.25, -0.2) is 23.5 Å². The summed E-state index contributed by atoms with van der Waals surface area (Å²) in [4.78, 5) is 35.1. The second-order valence-electron chi connectivity index (χ2n) is 12.9. The molecular formula is C34H45F2N5O6S.